The van der Waals surface area contributed by atoms with Crippen LogP contribution in [0.2, 0.25) is 0 Å². The number of carbonyl (C=O) groups is 1. The number of nitrogens with zero attached hydrogens (tertiary/aromatic N) is 1. The summed E-state index contributed by atoms with van der Waals surface area (Å²) in [5.41, 5.74) is 2.58. The summed E-state index contributed by atoms with van der Waals surface area (Å²) in [5.74, 6) is 0.534. The summed E-state index contributed by atoms with van der Waals surface area (Å²) < 4.78 is 5.66. The van der Waals surface area contributed by atoms with Gasteiger partial charge in [0.05, 0.1) is 27.9 Å². The van der Waals surface area contributed by atoms with Gasteiger partial charge in [0.2, 0.25) is 5.91 Å². The number of anilines is 1. The summed E-state index contributed by atoms with van der Waals surface area (Å²) in [6.07, 6.45) is 0. The second kappa shape index (κ2) is 10.5. The summed E-state index contributed by atoms with van der Waals surface area (Å²) >= 11 is 3.34. The highest BCUT2D eigenvalue weighted by molar-refractivity contribution is 7.16. The Bertz CT molecular complexity index is 1170. The Labute approximate surface area is 196 Å². The Morgan fingerprint density at radius 3 is 2.59 bits per heavy atom. The molecule has 0 unspecified atom stereocenters. The van der Waals surface area contributed by atoms with Crippen molar-refractivity contribution in [2.24, 2.45) is 0 Å². The van der Waals surface area contributed by atoms with Crippen LogP contribution < -0.4 is 15.4 Å². The maximum atomic E-state index is 13.3. The molecule has 0 bridgehead atoms. The monoisotopic (exact) mass is 463 g/mol. The number of aryl methyl sites for hydroxylation is 1. The molecule has 32 heavy (non-hydrogen) atoms. The van der Waals surface area contributed by atoms with Crippen molar-refractivity contribution in [3.05, 3.63) is 87.6 Å². The highest BCUT2D eigenvalue weighted by Gasteiger charge is 2.21. The molecule has 4 rings (SSSR count). The van der Waals surface area contributed by atoms with Crippen LogP contribution in [0.25, 0.3) is 10.6 Å². The van der Waals surface area contributed by atoms with Gasteiger partial charge < -0.3 is 10.1 Å². The van der Waals surface area contributed by atoms with Crippen molar-refractivity contribution in [3.63, 3.8) is 0 Å². The highest BCUT2D eigenvalue weighted by atomic mass is 32.1. The molecule has 5 nitrogen and oxygen atoms in total. The first-order chi connectivity index (χ1) is 15.6. The van der Waals surface area contributed by atoms with E-state index in [1.54, 1.807) is 22.7 Å². The first kappa shape index (κ1) is 22.2. The quantitative estimate of drug-likeness (QED) is 0.317. The summed E-state index contributed by atoms with van der Waals surface area (Å²) in [4.78, 5) is 20.1. The van der Waals surface area contributed by atoms with Gasteiger partial charge in [-0.25, -0.2) is 4.98 Å². The number of benzene rings is 2. The number of ether oxygens (including phenoxy) is 1. The minimum Gasteiger partial charge on any atom is -0.492 e. The van der Waals surface area contributed by atoms with Crippen molar-refractivity contribution < 1.29 is 9.53 Å². The fourth-order valence-electron chi connectivity index (χ4n) is 3.35. The van der Waals surface area contributed by atoms with E-state index in [0.29, 0.717) is 24.6 Å². The molecule has 2 aromatic carbocycles. The second-order valence-electron chi connectivity index (χ2n) is 7.16. The third kappa shape index (κ3) is 5.43. The van der Waals surface area contributed by atoms with E-state index in [0.717, 1.165) is 26.0 Å². The number of hydrogen-bond acceptors (Lipinski definition) is 6. The minimum absolute atomic E-state index is 0.129. The first-order valence-electron chi connectivity index (χ1n) is 10.5. The number of carbonyl (C=O) groups excluding carboxylic acids is 1. The van der Waals surface area contributed by atoms with Crippen molar-refractivity contribution in [2.75, 3.05) is 11.9 Å². The number of thiophene rings is 1. The molecule has 2 aromatic heterocycles. The van der Waals surface area contributed by atoms with Crippen molar-refractivity contribution in [2.45, 2.75) is 26.4 Å². The molecule has 1 amide bonds. The highest BCUT2D eigenvalue weighted by Crippen LogP contribution is 2.30. The maximum Gasteiger partial charge on any atom is 0.246 e. The van der Waals surface area contributed by atoms with Crippen LogP contribution in [-0.4, -0.2) is 17.5 Å². The van der Waals surface area contributed by atoms with Crippen molar-refractivity contribution in [1.29, 1.82) is 0 Å². The van der Waals surface area contributed by atoms with Crippen LogP contribution in [0.5, 0.6) is 5.75 Å². The standard InChI is InChI=1S/C25H25N3O2S2/c1-3-30-22-12-8-7-11-20(22)28-25(29)24(18-9-5-4-6-10-18)26-15-19-13-14-23(32-19)21-16-31-17(2)27-21/h4-14,16,24,26H,3,15H2,1-2H3,(H,28,29)/t24-/m1/s1. The number of rotatable bonds is 9. The average Bonchev–Trinajstić information content (AvgIpc) is 3.45. The van der Waals surface area contributed by atoms with Gasteiger partial charge in [0.1, 0.15) is 11.8 Å². The van der Waals surface area contributed by atoms with Gasteiger partial charge in [0.25, 0.3) is 0 Å². The topological polar surface area (TPSA) is 63.2 Å². The van der Waals surface area contributed by atoms with Gasteiger partial charge in [-0.3, -0.25) is 10.1 Å². The van der Waals surface area contributed by atoms with Gasteiger partial charge >= 0.3 is 0 Å². The number of thiazole rings is 1. The predicted molar refractivity (Wildman–Crippen MR) is 132 cm³/mol. The summed E-state index contributed by atoms with van der Waals surface area (Å²) in [5, 5.41) is 9.60. The lowest BCUT2D eigenvalue weighted by atomic mass is 10.1. The van der Waals surface area contributed by atoms with E-state index in [-0.39, 0.29) is 5.91 Å². The molecule has 0 aliphatic carbocycles. The third-order valence-electron chi connectivity index (χ3n) is 4.85. The number of hydrogen-bond donors (Lipinski definition) is 2. The molecule has 164 valence electrons. The molecular weight excluding hydrogens is 438 g/mol. The summed E-state index contributed by atoms with van der Waals surface area (Å²) in [7, 11) is 0. The molecule has 4 aromatic rings. The molecule has 0 aliphatic heterocycles. The van der Waals surface area contributed by atoms with E-state index in [1.807, 2.05) is 68.4 Å². The fraction of sp³-hybridized carbons (Fsp3) is 0.200. The summed E-state index contributed by atoms with van der Waals surface area (Å²) in [6.45, 7) is 5.05. The van der Waals surface area contributed by atoms with Crippen LogP contribution in [0.4, 0.5) is 5.69 Å². The second-order valence-corrected chi connectivity index (χ2v) is 9.39. The zero-order valence-corrected chi connectivity index (χ0v) is 19.6. The van der Waals surface area contributed by atoms with Gasteiger partial charge in [-0.15, -0.1) is 22.7 Å². The zero-order valence-electron chi connectivity index (χ0n) is 18.0. The molecule has 0 saturated carbocycles. The lowest BCUT2D eigenvalue weighted by Crippen LogP contribution is -2.32. The van der Waals surface area contributed by atoms with Crippen LogP contribution in [-0.2, 0) is 11.3 Å². The zero-order chi connectivity index (χ0) is 22.3. The lowest BCUT2D eigenvalue weighted by molar-refractivity contribution is -0.118. The molecule has 0 spiro atoms. The van der Waals surface area contributed by atoms with Crippen LogP contribution in [0.15, 0.2) is 72.1 Å². The third-order valence-corrected chi connectivity index (χ3v) is 6.73. The lowest BCUT2D eigenvalue weighted by Gasteiger charge is -2.20. The molecule has 1 atom stereocenters. The van der Waals surface area contributed by atoms with Crippen LogP contribution in [0, 0.1) is 6.92 Å². The molecule has 0 aliphatic rings. The van der Waals surface area contributed by atoms with E-state index in [4.69, 9.17) is 4.74 Å². The van der Waals surface area contributed by atoms with E-state index >= 15 is 0 Å². The van der Waals surface area contributed by atoms with Gasteiger partial charge in [0, 0.05) is 16.8 Å². The summed E-state index contributed by atoms with van der Waals surface area (Å²) in [6, 6.07) is 20.9. The van der Waals surface area contributed by atoms with Gasteiger partial charge in [0.15, 0.2) is 0 Å². The smallest absolute Gasteiger partial charge is 0.246 e. The SMILES string of the molecule is CCOc1ccccc1NC(=O)[C@H](NCc1ccc(-c2csc(C)n2)s1)c1ccccc1. The van der Waals surface area contributed by atoms with E-state index in [2.05, 4.69) is 33.1 Å². The molecule has 2 N–H and O–H groups in total. The molecule has 0 saturated heterocycles. The average molecular weight is 464 g/mol. The Morgan fingerprint density at radius 2 is 1.84 bits per heavy atom. The van der Waals surface area contributed by atoms with Gasteiger partial charge in [-0.2, -0.15) is 0 Å². The Hall–Kier alpha value is -3.00. The number of aromatic nitrogens is 1. The van der Waals surface area contributed by atoms with Crippen molar-refractivity contribution in [1.82, 2.24) is 10.3 Å². The van der Waals surface area contributed by atoms with Crippen molar-refractivity contribution in [3.8, 4) is 16.3 Å². The number of amides is 1. The Morgan fingerprint density at radius 1 is 1.06 bits per heavy atom. The fourth-order valence-corrected chi connectivity index (χ4v) is 4.96. The van der Waals surface area contributed by atoms with E-state index in [9.17, 15) is 4.79 Å². The number of nitrogens with one attached hydrogen (secondary N) is 2. The maximum absolute atomic E-state index is 13.3. The molecule has 0 fully saturated rings. The largest absolute Gasteiger partial charge is 0.492 e. The molecular formula is C25H25N3O2S2. The Kier molecular flexibility index (Phi) is 7.32. The molecule has 2 heterocycles. The van der Waals surface area contributed by atoms with Gasteiger partial charge in [-0.1, -0.05) is 42.5 Å². The van der Waals surface area contributed by atoms with Crippen LogP contribution in [0.1, 0.15) is 28.4 Å². The Balaban J connectivity index is 1.50. The number of para-hydroxylation sites is 2. The van der Waals surface area contributed by atoms with Crippen LogP contribution in [0.3, 0.4) is 0 Å². The van der Waals surface area contributed by atoms with E-state index in [1.165, 1.54) is 0 Å². The predicted octanol–water partition coefficient (Wildman–Crippen LogP) is 6.05. The van der Waals surface area contributed by atoms with E-state index < -0.39 is 6.04 Å². The first-order valence-corrected chi connectivity index (χ1v) is 12.2. The normalized spacial score (nSPS) is 11.8. The molecule has 0 radical (unpaired) electrons. The van der Waals surface area contributed by atoms with Crippen LogP contribution >= 0.6 is 22.7 Å². The molecule has 7 heteroatoms. The van der Waals surface area contributed by atoms with Gasteiger partial charge in [-0.05, 0) is 43.7 Å². The van der Waals surface area contributed by atoms with Crippen molar-refractivity contribution >= 4 is 34.3 Å². The minimum atomic E-state index is -0.502.